The van der Waals surface area contributed by atoms with Crippen LogP contribution in [0.2, 0.25) is 0 Å². The molecule has 1 heterocycles. The molecule has 1 aromatic carbocycles. The largest absolute Gasteiger partial charge is 0.351 e. The lowest BCUT2D eigenvalue weighted by molar-refractivity contribution is -0.126. The van der Waals surface area contributed by atoms with E-state index in [1.807, 2.05) is 6.07 Å². The Labute approximate surface area is 138 Å². The average Bonchev–Trinajstić information content (AvgIpc) is 3.10. The quantitative estimate of drug-likeness (QED) is 0.894. The van der Waals surface area contributed by atoms with Crippen molar-refractivity contribution in [2.75, 3.05) is 18.0 Å². The molecule has 0 saturated carbocycles. The van der Waals surface area contributed by atoms with E-state index in [1.54, 1.807) is 4.90 Å². The van der Waals surface area contributed by atoms with Gasteiger partial charge in [0.1, 0.15) is 0 Å². The highest BCUT2D eigenvalue weighted by atomic mass is 79.9. The summed E-state index contributed by atoms with van der Waals surface area (Å²) in [5.74, 6) is -0.346. The first kappa shape index (κ1) is 15.3. The Morgan fingerprint density at radius 1 is 1.36 bits per heavy atom. The van der Waals surface area contributed by atoms with E-state index in [9.17, 15) is 9.59 Å². The van der Waals surface area contributed by atoms with Crippen molar-refractivity contribution in [3.63, 3.8) is 0 Å². The van der Waals surface area contributed by atoms with E-state index < -0.39 is 0 Å². The molecule has 1 aromatic rings. The molecule has 116 valence electrons. The zero-order chi connectivity index (χ0) is 15.7. The monoisotopic (exact) mass is 362 g/mol. The molecule has 0 aromatic heterocycles. The molecule has 1 saturated heterocycles. The molecule has 1 unspecified atom stereocenters. The summed E-state index contributed by atoms with van der Waals surface area (Å²) in [6, 6.07) is 6.23. The Morgan fingerprint density at radius 3 is 2.91 bits per heavy atom. The lowest BCUT2D eigenvalue weighted by atomic mass is 10.1. The van der Waals surface area contributed by atoms with Gasteiger partial charge in [0.2, 0.25) is 11.8 Å². The molecule has 1 N–H and O–H groups in total. The summed E-state index contributed by atoms with van der Waals surface area (Å²) in [4.78, 5) is 26.1. The van der Waals surface area contributed by atoms with Crippen LogP contribution >= 0.6 is 15.9 Å². The molecule has 2 aliphatic rings. The third-order valence-electron chi connectivity index (χ3n) is 4.34. The minimum absolute atomic E-state index is 0.0239. The first-order valence-electron chi connectivity index (χ1n) is 7.58. The van der Waals surface area contributed by atoms with Crippen LogP contribution in [-0.4, -0.2) is 24.9 Å². The number of benzene rings is 1. The van der Waals surface area contributed by atoms with Crippen LogP contribution in [0.4, 0.5) is 5.69 Å². The highest BCUT2D eigenvalue weighted by Gasteiger charge is 2.35. The topological polar surface area (TPSA) is 49.4 Å². The Bertz CT molecular complexity index is 642. The van der Waals surface area contributed by atoms with Gasteiger partial charge in [-0.2, -0.15) is 0 Å². The molecular weight excluding hydrogens is 344 g/mol. The predicted octanol–water partition coefficient (Wildman–Crippen LogP) is 2.55. The minimum Gasteiger partial charge on any atom is -0.351 e. The maximum Gasteiger partial charge on any atom is 0.227 e. The van der Waals surface area contributed by atoms with Crippen molar-refractivity contribution in [2.45, 2.75) is 25.7 Å². The molecule has 1 fully saturated rings. The number of amides is 2. The number of nitrogens with one attached hydrogen (secondary N) is 1. The summed E-state index contributed by atoms with van der Waals surface area (Å²) in [7, 11) is 0. The van der Waals surface area contributed by atoms with Crippen LogP contribution in [0.1, 0.15) is 24.0 Å². The summed E-state index contributed by atoms with van der Waals surface area (Å²) < 4.78 is 0.723. The Hall–Kier alpha value is -1.62. The molecule has 22 heavy (non-hydrogen) atoms. The van der Waals surface area contributed by atoms with Crippen LogP contribution in [0.15, 0.2) is 29.3 Å². The molecule has 2 amide bonds. The van der Waals surface area contributed by atoms with E-state index in [-0.39, 0.29) is 24.2 Å². The number of aryl methyl sites for hydroxylation is 2. The van der Waals surface area contributed by atoms with Crippen LogP contribution in [-0.2, 0) is 22.4 Å². The fourth-order valence-corrected chi connectivity index (χ4v) is 3.33. The van der Waals surface area contributed by atoms with E-state index in [1.165, 1.54) is 17.5 Å². The van der Waals surface area contributed by atoms with Gasteiger partial charge in [-0.3, -0.25) is 9.59 Å². The van der Waals surface area contributed by atoms with Gasteiger partial charge in [-0.1, -0.05) is 28.6 Å². The van der Waals surface area contributed by atoms with Crippen molar-refractivity contribution in [3.05, 3.63) is 40.4 Å². The van der Waals surface area contributed by atoms with Crippen LogP contribution in [0, 0.1) is 5.92 Å². The molecule has 0 bridgehead atoms. The molecule has 1 atom stereocenters. The Balaban J connectivity index is 1.69. The van der Waals surface area contributed by atoms with Gasteiger partial charge in [0, 0.05) is 29.7 Å². The number of hydrogen-bond donors (Lipinski definition) is 1. The zero-order valence-corrected chi connectivity index (χ0v) is 14.0. The van der Waals surface area contributed by atoms with Crippen molar-refractivity contribution in [2.24, 2.45) is 5.92 Å². The van der Waals surface area contributed by atoms with Crippen molar-refractivity contribution in [3.8, 4) is 0 Å². The summed E-state index contributed by atoms with van der Waals surface area (Å²) in [6.45, 7) is 4.54. The van der Waals surface area contributed by atoms with Crippen molar-refractivity contribution in [1.29, 1.82) is 0 Å². The first-order chi connectivity index (χ1) is 10.5. The number of anilines is 1. The molecule has 3 rings (SSSR count). The lowest BCUT2D eigenvalue weighted by Gasteiger charge is -2.18. The third-order valence-corrected chi connectivity index (χ3v) is 4.62. The number of rotatable bonds is 4. The van der Waals surface area contributed by atoms with Crippen LogP contribution in [0.3, 0.4) is 0 Å². The fourth-order valence-electron chi connectivity index (χ4n) is 3.19. The molecule has 0 radical (unpaired) electrons. The minimum atomic E-state index is -0.285. The van der Waals surface area contributed by atoms with Gasteiger partial charge in [-0.25, -0.2) is 0 Å². The molecule has 1 aliphatic carbocycles. The van der Waals surface area contributed by atoms with Crippen molar-refractivity contribution in [1.82, 2.24) is 5.32 Å². The first-order valence-corrected chi connectivity index (χ1v) is 8.37. The summed E-state index contributed by atoms with van der Waals surface area (Å²) >= 11 is 3.21. The summed E-state index contributed by atoms with van der Waals surface area (Å²) in [5.41, 5.74) is 3.65. The van der Waals surface area contributed by atoms with Gasteiger partial charge in [0.15, 0.2) is 0 Å². The van der Waals surface area contributed by atoms with Crippen LogP contribution in [0.5, 0.6) is 0 Å². The summed E-state index contributed by atoms with van der Waals surface area (Å²) in [6.07, 6.45) is 3.68. The van der Waals surface area contributed by atoms with Gasteiger partial charge in [0.05, 0.1) is 5.92 Å². The van der Waals surface area contributed by atoms with E-state index in [4.69, 9.17) is 0 Å². The maximum atomic E-state index is 12.2. The maximum absolute atomic E-state index is 12.2. The van der Waals surface area contributed by atoms with E-state index in [0.717, 1.165) is 23.0 Å². The normalized spacial score (nSPS) is 20.1. The SMILES string of the molecule is C=C(Br)CNC(=O)C1CC(=O)N(c2ccc3c(c2)CCC3)C1. The van der Waals surface area contributed by atoms with Crippen LogP contribution in [0.25, 0.3) is 0 Å². The smallest absolute Gasteiger partial charge is 0.227 e. The molecular formula is C17H19BrN2O2. The van der Waals surface area contributed by atoms with Crippen LogP contribution < -0.4 is 10.2 Å². The number of halogens is 1. The number of fused-ring (bicyclic) bond motifs is 1. The number of hydrogen-bond acceptors (Lipinski definition) is 2. The zero-order valence-electron chi connectivity index (χ0n) is 12.4. The fraction of sp³-hybridized carbons (Fsp3) is 0.412. The Morgan fingerprint density at radius 2 is 2.14 bits per heavy atom. The lowest BCUT2D eigenvalue weighted by Crippen LogP contribution is -2.33. The average molecular weight is 363 g/mol. The summed E-state index contributed by atoms with van der Waals surface area (Å²) in [5, 5.41) is 2.79. The van der Waals surface area contributed by atoms with Crippen molar-refractivity contribution >= 4 is 33.4 Å². The van der Waals surface area contributed by atoms with E-state index >= 15 is 0 Å². The van der Waals surface area contributed by atoms with Gasteiger partial charge in [-0.15, -0.1) is 0 Å². The number of carbonyl (C=O) groups excluding carboxylic acids is 2. The van der Waals surface area contributed by atoms with Crippen molar-refractivity contribution < 1.29 is 9.59 Å². The second-order valence-electron chi connectivity index (χ2n) is 5.95. The predicted molar refractivity (Wildman–Crippen MR) is 90.0 cm³/mol. The molecule has 5 heteroatoms. The second-order valence-corrected chi connectivity index (χ2v) is 7.07. The molecule has 1 aliphatic heterocycles. The second kappa shape index (κ2) is 6.24. The van der Waals surface area contributed by atoms with Gasteiger partial charge < -0.3 is 10.2 Å². The van der Waals surface area contributed by atoms with Gasteiger partial charge >= 0.3 is 0 Å². The number of nitrogens with zero attached hydrogens (tertiary/aromatic N) is 1. The van der Waals surface area contributed by atoms with E-state index in [2.05, 4.69) is 40.0 Å². The van der Waals surface area contributed by atoms with Gasteiger partial charge in [-0.05, 0) is 42.5 Å². The molecule has 0 spiro atoms. The molecule has 4 nitrogen and oxygen atoms in total. The number of carbonyl (C=O) groups is 2. The van der Waals surface area contributed by atoms with Gasteiger partial charge in [0.25, 0.3) is 0 Å². The highest BCUT2D eigenvalue weighted by molar-refractivity contribution is 9.11. The highest BCUT2D eigenvalue weighted by Crippen LogP contribution is 2.30. The Kier molecular flexibility index (Phi) is 4.34. The third kappa shape index (κ3) is 3.09. The van der Waals surface area contributed by atoms with E-state index in [0.29, 0.717) is 13.1 Å². The standard InChI is InChI=1S/C17H19BrN2O2/c1-11(18)9-19-17(22)14-8-16(21)20(10-14)15-6-5-12-3-2-4-13(12)7-15/h5-7,14H,1-4,8-10H2,(H,19,22).